The fourth-order valence-corrected chi connectivity index (χ4v) is 3.02. The number of allylic oxidation sites excluding steroid dienone is 1. The Bertz CT molecular complexity index is 781. The second-order valence-electron chi connectivity index (χ2n) is 6.31. The van der Waals surface area contributed by atoms with Crippen molar-refractivity contribution < 1.29 is 14.3 Å². The Morgan fingerprint density at radius 2 is 2.04 bits per heavy atom. The normalized spacial score (nSPS) is 13.8. The molecular formula is C20H23N3O3. The molecule has 6 nitrogen and oxygen atoms in total. The maximum Gasteiger partial charge on any atom is 0.342 e. The van der Waals surface area contributed by atoms with E-state index in [1.807, 2.05) is 30.3 Å². The summed E-state index contributed by atoms with van der Waals surface area (Å²) in [4.78, 5) is 24.1. The van der Waals surface area contributed by atoms with Crippen LogP contribution in [-0.2, 0) is 9.53 Å². The first-order valence-corrected chi connectivity index (χ1v) is 8.94. The zero-order chi connectivity index (χ0) is 18.2. The number of carbonyl (C=O) groups excluding carboxylic acids is 2. The van der Waals surface area contributed by atoms with Gasteiger partial charge in [-0.3, -0.25) is 9.89 Å². The molecule has 1 amide bonds. The first-order chi connectivity index (χ1) is 12.7. The molecule has 26 heavy (non-hydrogen) atoms. The van der Waals surface area contributed by atoms with Crippen molar-refractivity contribution in [2.45, 2.75) is 32.1 Å². The van der Waals surface area contributed by atoms with Crippen molar-refractivity contribution in [2.75, 3.05) is 13.2 Å². The van der Waals surface area contributed by atoms with Gasteiger partial charge in [0.2, 0.25) is 0 Å². The summed E-state index contributed by atoms with van der Waals surface area (Å²) in [5.74, 6) is -0.859. The molecule has 1 aromatic heterocycles. The summed E-state index contributed by atoms with van der Waals surface area (Å²) >= 11 is 0. The highest BCUT2D eigenvalue weighted by molar-refractivity contribution is 5.96. The summed E-state index contributed by atoms with van der Waals surface area (Å²) in [6.45, 7) is 0.278. The van der Waals surface area contributed by atoms with Crippen LogP contribution in [0.1, 0.15) is 42.5 Å². The van der Waals surface area contributed by atoms with Crippen LogP contribution in [0.3, 0.4) is 0 Å². The minimum absolute atomic E-state index is 0.292. The van der Waals surface area contributed by atoms with Crippen molar-refractivity contribution in [1.29, 1.82) is 0 Å². The number of rotatable bonds is 7. The lowest BCUT2D eigenvalue weighted by molar-refractivity contribution is -0.124. The Balaban J connectivity index is 1.46. The number of ether oxygens (including phenoxy) is 1. The van der Waals surface area contributed by atoms with E-state index in [1.165, 1.54) is 24.6 Å². The monoisotopic (exact) mass is 353 g/mol. The Kier molecular flexibility index (Phi) is 6.19. The third-order valence-corrected chi connectivity index (χ3v) is 4.41. The zero-order valence-electron chi connectivity index (χ0n) is 14.7. The summed E-state index contributed by atoms with van der Waals surface area (Å²) in [6.07, 6.45) is 9.27. The highest BCUT2D eigenvalue weighted by atomic mass is 16.5. The van der Waals surface area contributed by atoms with Gasteiger partial charge in [0.05, 0.1) is 11.9 Å². The van der Waals surface area contributed by atoms with E-state index >= 15 is 0 Å². The molecule has 0 bridgehead atoms. The lowest BCUT2D eigenvalue weighted by Gasteiger charge is -2.13. The molecule has 0 saturated carbocycles. The molecule has 0 atom stereocenters. The fraction of sp³-hybridized carbons (Fsp3) is 0.350. The number of esters is 1. The summed E-state index contributed by atoms with van der Waals surface area (Å²) in [7, 11) is 0. The van der Waals surface area contributed by atoms with Crippen molar-refractivity contribution in [1.82, 2.24) is 15.5 Å². The topological polar surface area (TPSA) is 84.1 Å². The van der Waals surface area contributed by atoms with Gasteiger partial charge in [-0.15, -0.1) is 0 Å². The third kappa shape index (κ3) is 4.81. The van der Waals surface area contributed by atoms with Gasteiger partial charge in [0.1, 0.15) is 5.56 Å². The Hall–Kier alpha value is -2.89. The maximum absolute atomic E-state index is 12.3. The molecule has 0 radical (unpaired) electrons. The fourth-order valence-electron chi connectivity index (χ4n) is 3.02. The maximum atomic E-state index is 12.3. The van der Waals surface area contributed by atoms with Crippen LogP contribution in [0.5, 0.6) is 0 Å². The molecule has 1 aliphatic rings. The number of hydrogen-bond donors (Lipinski definition) is 2. The molecule has 3 rings (SSSR count). The number of carbonyl (C=O) groups is 2. The first-order valence-electron chi connectivity index (χ1n) is 8.94. The van der Waals surface area contributed by atoms with Gasteiger partial charge >= 0.3 is 5.97 Å². The number of aromatic nitrogens is 2. The molecule has 1 heterocycles. The number of nitrogens with zero attached hydrogens (tertiary/aromatic N) is 1. The smallest absolute Gasteiger partial charge is 0.342 e. The van der Waals surface area contributed by atoms with Crippen LogP contribution >= 0.6 is 0 Å². The number of aromatic amines is 1. The minimum atomic E-state index is -0.567. The predicted octanol–water partition coefficient (Wildman–Crippen LogP) is 3.24. The molecule has 0 aliphatic heterocycles. The van der Waals surface area contributed by atoms with Crippen LogP contribution in [0.25, 0.3) is 11.3 Å². The quantitative estimate of drug-likeness (QED) is 0.591. The summed E-state index contributed by atoms with van der Waals surface area (Å²) in [6, 6.07) is 9.39. The molecule has 136 valence electrons. The number of amides is 1. The van der Waals surface area contributed by atoms with E-state index in [9.17, 15) is 9.59 Å². The number of hydrogen-bond acceptors (Lipinski definition) is 4. The van der Waals surface area contributed by atoms with Crippen LogP contribution in [0, 0.1) is 0 Å². The molecule has 0 spiro atoms. The van der Waals surface area contributed by atoms with E-state index in [0.717, 1.165) is 24.8 Å². The molecule has 2 N–H and O–H groups in total. The van der Waals surface area contributed by atoms with E-state index in [-0.39, 0.29) is 12.5 Å². The van der Waals surface area contributed by atoms with E-state index in [1.54, 1.807) is 0 Å². The van der Waals surface area contributed by atoms with Gasteiger partial charge in [0.15, 0.2) is 6.61 Å². The van der Waals surface area contributed by atoms with Crippen molar-refractivity contribution in [3.05, 3.63) is 53.7 Å². The standard InChI is InChI=1S/C20H23N3O3/c24-18(21-12-11-15-7-3-1-4-8-15)14-26-20(25)17-13-22-23-19(17)16-9-5-2-6-10-16/h2,5-7,9-10,13H,1,3-4,8,11-12,14H2,(H,21,24)(H,22,23). The van der Waals surface area contributed by atoms with Gasteiger partial charge in [-0.25, -0.2) is 4.79 Å². The average Bonchev–Trinajstić information content (AvgIpc) is 3.18. The number of nitrogens with one attached hydrogen (secondary N) is 2. The second-order valence-corrected chi connectivity index (χ2v) is 6.31. The van der Waals surface area contributed by atoms with Crippen molar-refractivity contribution in [2.24, 2.45) is 0 Å². The highest BCUT2D eigenvalue weighted by Gasteiger charge is 2.17. The summed E-state index contributed by atoms with van der Waals surface area (Å²) in [5, 5.41) is 9.52. The third-order valence-electron chi connectivity index (χ3n) is 4.41. The predicted molar refractivity (Wildman–Crippen MR) is 98.5 cm³/mol. The molecule has 0 unspecified atom stereocenters. The van der Waals surface area contributed by atoms with Crippen molar-refractivity contribution in [3.63, 3.8) is 0 Å². The average molecular weight is 353 g/mol. The van der Waals surface area contributed by atoms with Crippen LogP contribution in [-0.4, -0.2) is 35.2 Å². The Morgan fingerprint density at radius 3 is 2.81 bits per heavy atom. The summed E-state index contributed by atoms with van der Waals surface area (Å²) < 4.78 is 5.13. The first kappa shape index (κ1) is 17.9. The Morgan fingerprint density at radius 1 is 1.19 bits per heavy atom. The largest absolute Gasteiger partial charge is 0.452 e. The van der Waals surface area contributed by atoms with Gasteiger partial charge in [-0.2, -0.15) is 5.10 Å². The second kappa shape index (κ2) is 8.99. The van der Waals surface area contributed by atoms with Gasteiger partial charge in [-0.05, 0) is 32.1 Å². The molecule has 2 aromatic rings. The van der Waals surface area contributed by atoms with Crippen LogP contribution in [0.4, 0.5) is 0 Å². The van der Waals surface area contributed by atoms with Crippen molar-refractivity contribution >= 4 is 11.9 Å². The van der Waals surface area contributed by atoms with Crippen LogP contribution in [0.2, 0.25) is 0 Å². The summed E-state index contributed by atoms with van der Waals surface area (Å²) in [5.41, 5.74) is 3.14. The molecule has 0 fully saturated rings. The lowest BCUT2D eigenvalue weighted by Crippen LogP contribution is -2.29. The molecule has 6 heteroatoms. The van der Waals surface area contributed by atoms with E-state index in [0.29, 0.717) is 17.8 Å². The van der Waals surface area contributed by atoms with Crippen LogP contribution < -0.4 is 5.32 Å². The number of benzene rings is 1. The van der Waals surface area contributed by atoms with E-state index in [2.05, 4.69) is 21.6 Å². The van der Waals surface area contributed by atoms with E-state index in [4.69, 9.17) is 4.74 Å². The van der Waals surface area contributed by atoms with Gasteiger partial charge < -0.3 is 10.1 Å². The molecular weight excluding hydrogens is 330 g/mol. The SMILES string of the molecule is O=C(COC(=O)c1cn[nH]c1-c1ccccc1)NCCC1=CCCCC1. The zero-order valence-corrected chi connectivity index (χ0v) is 14.7. The van der Waals surface area contributed by atoms with Crippen LogP contribution in [0.15, 0.2) is 48.2 Å². The molecule has 0 saturated heterocycles. The van der Waals surface area contributed by atoms with Gasteiger partial charge in [0.25, 0.3) is 5.91 Å². The minimum Gasteiger partial charge on any atom is -0.452 e. The molecule has 1 aromatic carbocycles. The van der Waals surface area contributed by atoms with Crippen molar-refractivity contribution in [3.8, 4) is 11.3 Å². The molecule has 1 aliphatic carbocycles. The highest BCUT2D eigenvalue weighted by Crippen LogP contribution is 2.21. The van der Waals surface area contributed by atoms with E-state index < -0.39 is 5.97 Å². The van der Waals surface area contributed by atoms with Gasteiger partial charge in [0, 0.05) is 12.1 Å². The Labute approximate surface area is 152 Å². The number of H-pyrrole nitrogens is 1. The lowest BCUT2D eigenvalue weighted by atomic mass is 9.97. The van der Waals surface area contributed by atoms with Gasteiger partial charge in [-0.1, -0.05) is 42.0 Å².